The molecule has 0 aromatic heterocycles. The lowest BCUT2D eigenvalue weighted by molar-refractivity contribution is -0.147. The molecule has 9 heteroatoms. The highest BCUT2D eigenvalue weighted by Crippen LogP contribution is 2.40. The average molecular weight is 669 g/mol. The molecule has 2 aliphatic rings. The number of carbonyl (C=O) groups is 3. The van der Waals surface area contributed by atoms with E-state index in [1.165, 1.54) is 42.0 Å². The van der Waals surface area contributed by atoms with Crippen molar-refractivity contribution in [3.8, 4) is 11.5 Å². The fraction of sp³-hybridized carbons (Fsp3) is 0.375. The van der Waals surface area contributed by atoms with Crippen LogP contribution in [0.25, 0.3) is 12.2 Å². The molecule has 3 aromatic rings. The third-order valence-electron chi connectivity index (χ3n) is 8.62. The van der Waals surface area contributed by atoms with E-state index in [-0.39, 0.29) is 18.8 Å². The average Bonchev–Trinajstić information content (AvgIpc) is 3.60. The summed E-state index contributed by atoms with van der Waals surface area (Å²) in [4.78, 5) is 38.0. The van der Waals surface area contributed by atoms with Crippen molar-refractivity contribution in [2.75, 3.05) is 19.8 Å². The van der Waals surface area contributed by atoms with Crippen molar-refractivity contribution in [3.63, 3.8) is 0 Å². The van der Waals surface area contributed by atoms with Gasteiger partial charge in [0, 0.05) is 12.2 Å². The quantitative estimate of drug-likeness (QED) is 0.0722. The Morgan fingerprint density at radius 3 is 2.08 bits per heavy atom. The van der Waals surface area contributed by atoms with Gasteiger partial charge in [0.25, 0.3) is 0 Å². The van der Waals surface area contributed by atoms with E-state index in [4.69, 9.17) is 28.4 Å². The number of fused-ring (bicyclic) bond motifs is 1. The number of carbonyl (C=O) groups excluding carboxylic acids is 3. The molecule has 0 bridgehead atoms. The largest absolute Gasteiger partial charge is 0.494 e. The second-order valence-electron chi connectivity index (χ2n) is 12.3. The van der Waals surface area contributed by atoms with Crippen LogP contribution in [0.1, 0.15) is 73.5 Å². The summed E-state index contributed by atoms with van der Waals surface area (Å²) < 4.78 is 34.4. The first kappa shape index (κ1) is 35.6. The van der Waals surface area contributed by atoms with Crippen molar-refractivity contribution in [3.05, 3.63) is 107 Å². The summed E-state index contributed by atoms with van der Waals surface area (Å²) in [7, 11) is 0. The minimum atomic E-state index is -0.991. The van der Waals surface area contributed by atoms with E-state index in [1.807, 2.05) is 36.4 Å². The molecule has 0 aliphatic carbocycles. The van der Waals surface area contributed by atoms with Gasteiger partial charge in [0.2, 0.25) is 0 Å². The molecule has 2 aliphatic heterocycles. The van der Waals surface area contributed by atoms with Gasteiger partial charge in [-0.3, -0.25) is 0 Å². The first-order chi connectivity index (χ1) is 23.8. The highest BCUT2D eigenvalue weighted by atomic mass is 16.7. The van der Waals surface area contributed by atoms with Crippen molar-refractivity contribution < 1.29 is 42.8 Å². The Bertz CT molecular complexity index is 1610. The molecular formula is C40H44O9. The molecular weight excluding hydrogens is 624 g/mol. The zero-order valence-electron chi connectivity index (χ0n) is 28.3. The molecule has 2 saturated heterocycles. The molecule has 0 radical (unpaired) electrons. The Hall–Kier alpha value is -4.73. The van der Waals surface area contributed by atoms with Crippen LogP contribution in [-0.4, -0.2) is 61.6 Å². The Kier molecular flexibility index (Phi) is 12.4. The predicted molar refractivity (Wildman–Crippen MR) is 185 cm³/mol. The smallest absolute Gasteiger partial charge is 0.338 e. The maximum absolute atomic E-state index is 13.0. The van der Waals surface area contributed by atoms with Crippen molar-refractivity contribution >= 4 is 30.1 Å². The lowest BCUT2D eigenvalue weighted by Gasteiger charge is -2.28. The molecule has 5 rings (SSSR count). The third kappa shape index (κ3) is 9.68. The highest BCUT2D eigenvalue weighted by Gasteiger charge is 2.60. The van der Waals surface area contributed by atoms with Crippen molar-refractivity contribution in [2.24, 2.45) is 0 Å². The first-order valence-corrected chi connectivity index (χ1v) is 16.9. The standard InChI is InChI=1S/C40H44O9/c1-4-6-8-28-9-11-29(12-10-28)15-23-36(41)47-33-21-17-31(18-22-33)39(43)49-35-27-45-38-34(26-46-40(35,38)3)48-37(42)24-16-30-13-19-32(20-14-30)44-25-7-5-2/h9-24,34-35,38H,4-8,25-27H2,1-3H3/b23-15+,24-16+/t34-,35+,38-,40-/m1/s1. The van der Waals surface area contributed by atoms with Crippen molar-refractivity contribution in [1.82, 2.24) is 0 Å². The van der Waals surface area contributed by atoms with Gasteiger partial charge in [-0.2, -0.15) is 0 Å². The first-order valence-electron chi connectivity index (χ1n) is 16.9. The Morgan fingerprint density at radius 1 is 0.776 bits per heavy atom. The summed E-state index contributed by atoms with van der Waals surface area (Å²) >= 11 is 0. The highest BCUT2D eigenvalue weighted by molar-refractivity contribution is 5.91. The molecule has 0 N–H and O–H groups in total. The number of esters is 3. The molecule has 0 spiro atoms. The van der Waals surface area contributed by atoms with Gasteiger partial charge >= 0.3 is 17.9 Å². The van der Waals surface area contributed by atoms with Crippen molar-refractivity contribution in [1.29, 1.82) is 0 Å². The SMILES string of the molecule is CCCCOc1ccc(/C=C/C(=O)O[C@@H]2CO[C@]3(C)[C@@H](OC(=O)c4ccc(OC(=O)/C=C/c5ccc(CCCC)cc5)cc4)CO[C@H]23)cc1. The van der Waals surface area contributed by atoms with E-state index < -0.39 is 41.8 Å². The lowest BCUT2D eigenvalue weighted by atomic mass is 9.94. The van der Waals surface area contributed by atoms with E-state index in [2.05, 4.69) is 26.0 Å². The number of hydrogen-bond acceptors (Lipinski definition) is 9. The molecule has 49 heavy (non-hydrogen) atoms. The fourth-order valence-electron chi connectivity index (χ4n) is 5.66. The van der Waals surface area contributed by atoms with Crippen LogP contribution < -0.4 is 9.47 Å². The summed E-state index contributed by atoms with van der Waals surface area (Å²) in [5.41, 5.74) is 2.29. The minimum Gasteiger partial charge on any atom is -0.494 e. The van der Waals surface area contributed by atoms with Crippen LogP contribution in [-0.2, 0) is 35.0 Å². The lowest BCUT2D eigenvalue weighted by Crippen LogP contribution is -2.46. The minimum absolute atomic E-state index is 0.0902. The molecule has 9 nitrogen and oxygen atoms in total. The van der Waals surface area contributed by atoms with E-state index in [0.717, 1.165) is 49.0 Å². The number of ether oxygens (including phenoxy) is 6. The summed E-state index contributed by atoms with van der Waals surface area (Å²) in [6, 6.07) is 21.7. The fourth-order valence-corrected chi connectivity index (χ4v) is 5.66. The van der Waals surface area contributed by atoms with Crippen LogP contribution in [0.4, 0.5) is 0 Å². The van der Waals surface area contributed by atoms with E-state index in [9.17, 15) is 14.4 Å². The summed E-state index contributed by atoms with van der Waals surface area (Å²) in [5, 5.41) is 0. The van der Waals surface area contributed by atoms with Gasteiger partial charge in [0.05, 0.1) is 25.4 Å². The predicted octanol–water partition coefficient (Wildman–Crippen LogP) is 7.17. The maximum Gasteiger partial charge on any atom is 0.338 e. The Balaban J connectivity index is 1.08. The number of unbranched alkanes of at least 4 members (excludes halogenated alkanes) is 2. The van der Waals surface area contributed by atoms with E-state index in [1.54, 1.807) is 19.1 Å². The van der Waals surface area contributed by atoms with Gasteiger partial charge in [0.1, 0.15) is 23.2 Å². The van der Waals surface area contributed by atoms with Crippen LogP contribution in [0.5, 0.6) is 11.5 Å². The van der Waals surface area contributed by atoms with Gasteiger partial charge in [-0.25, -0.2) is 14.4 Å². The second-order valence-corrected chi connectivity index (χ2v) is 12.3. The van der Waals surface area contributed by atoms with Gasteiger partial charge in [-0.1, -0.05) is 63.1 Å². The zero-order valence-corrected chi connectivity index (χ0v) is 28.3. The van der Waals surface area contributed by atoms with Crippen molar-refractivity contribution in [2.45, 2.75) is 76.8 Å². The van der Waals surface area contributed by atoms with Crippen LogP contribution in [0, 0.1) is 0 Å². The number of hydrogen-bond donors (Lipinski definition) is 0. The monoisotopic (exact) mass is 668 g/mol. The normalized spacial score (nSPS) is 21.5. The van der Waals surface area contributed by atoms with Gasteiger partial charge in [-0.15, -0.1) is 0 Å². The Morgan fingerprint density at radius 2 is 1.41 bits per heavy atom. The van der Waals surface area contributed by atoms with Crippen LogP contribution >= 0.6 is 0 Å². The third-order valence-corrected chi connectivity index (χ3v) is 8.62. The van der Waals surface area contributed by atoms with E-state index in [0.29, 0.717) is 12.4 Å². The second kappa shape index (κ2) is 17.1. The summed E-state index contributed by atoms with van der Waals surface area (Å²) in [5.74, 6) is -0.560. The number of benzene rings is 3. The molecule has 2 heterocycles. The van der Waals surface area contributed by atoms with Gasteiger partial charge < -0.3 is 28.4 Å². The topological polar surface area (TPSA) is 107 Å². The molecule has 3 aromatic carbocycles. The summed E-state index contributed by atoms with van der Waals surface area (Å²) in [6.07, 6.45) is 9.51. The Labute approximate surface area is 287 Å². The molecule has 0 saturated carbocycles. The maximum atomic E-state index is 13.0. The molecule has 2 fully saturated rings. The molecule has 0 unspecified atom stereocenters. The van der Waals surface area contributed by atoms with Gasteiger partial charge in [0.15, 0.2) is 12.2 Å². The molecule has 258 valence electrons. The van der Waals surface area contributed by atoms with E-state index >= 15 is 0 Å². The van der Waals surface area contributed by atoms with Crippen LogP contribution in [0.3, 0.4) is 0 Å². The number of rotatable bonds is 15. The van der Waals surface area contributed by atoms with Gasteiger partial charge in [-0.05, 0) is 91.4 Å². The molecule has 4 atom stereocenters. The van der Waals surface area contributed by atoms with Crippen LogP contribution in [0.2, 0.25) is 0 Å². The zero-order chi connectivity index (χ0) is 34.6. The van der Waals surface area contributed by atoms with Crippen LogP contribution in [0.15, 0.2) is 84.9 Å². The number of aryl methyl sites for hydroxylation is 1. The summed E-state index contributed by atoms with van der Waals surface area (Å²) in [6.45, 7) is 6.93. The molecule has 0 amide bonds.